The van der Waals surface area contributed by atoms with Gasteiger partial charge in [-0.2, -0.15) is 0 Å². The van der Waals surface area contributed by atoms with E-state index in [2.05, 4.69) is 85.9 Å². The molecule has 4 aromatic carbocycles. The molecule has 0 N–H and O–H groups in total. The molecule has 4 aromatic rings. The van der Waals surface area contributed by atoms with Crippen molar-refractivity contribution in [3.05, 3.63) is 72.8 Å². The van der Waals surface area contributed by atoms with Gasteiger partial charge in [0.05, 0.1) is 0 Å². The van der Waals surface area contributed by atoms with Gasteiger partial charge < -0.3 is 0 Å². The summed E-state index contributed by atoms with van der Waals surface area (Å²) in [5.41, 5.74) is 2.86. The third-order valence-corrected chi connectivity index (χ3v) is 8.97. The highest BCUT2D eigenvalue weighted by Crippen LogP contribution is 2.35. The van der Waals surface area contributed by atoms with Crippen LogP contribution in [0.3, 0.4) is 0 Å². The Labute approximate surface area is 137 Å². The second-order valence-corrected chi connectivity index (χ2v) is 11.3. The molecule has 0 fully saturated rings. The van der Waals surface area contributed by atoms with Crippen LogP contribution in [-0.2, 0) is 0 Å². The minimum Gasteiger partial charge on any atom is -0.0619 e. The molecule has 0 aromatic heterocycles. The molecule has 0 amide bonds. The van der Waals surface area contributed by atoms with Crippen molar-refractivity contribution in [1.82, 2.24) is 0 Å². The predicted octanol–water partition coefficient (Wildman–Crippen LogP) is 4.80. The maximum absolute atomic E-state index is 2.50. The van der Waals surface area contributed by atoms with Gasteiger partial charge in [-0.15, -0.1) is 0 Å². The molecule has 0 radical (unpaired) electrons. The summed E-state index contributed by atoms with van der Waals surface area (Å²) in [6.07, 6.45) is 0. The zero-order chi connectivity index (χ0) is 15.6. The van der Waals surface area contributed by atoms with Crippen LogP contribution in [0.5, 0.6) is 0 Å². The number of rotatable bonds is 0. The molecule has 23 heavy (non-hydrogen) atoms. The second kappa shape index (κ2) is 4.33. The standard InChI is InChI=1S/C22H18Si/c1-23(2)20-12-6-9-16-8-5-11-18(21(16)20)19-14-13-15-7-3-4-10-17(15)22(19)23/h3-14H,1-2H3. The van der Waals surface area contributed by atoms with Crippen LogP contribution in [0.1, 0.15) is 0 Å². The van der Waals surface area contributed by atoms with Crippen LogP contribution >= 0.6 is 0 Å². The fourth-order valence-electron chi connectivity index (χ4n) is 4.39. The van der Waals surface area contributed by atoms with Crippen molar-refractivity contribution >= 4 is 40.0 Å². The Kier molecular flexibility index (Phi) is 2.47. The summed E-state index contributed by atoms with van der Waals surface area (Å²) in [5.74, 6) is 0. The maximum atomic E-state index is 2.50. The van der Waals surface area contributed by atoms with Crippen LogP contribution < -0.4 is 10.4 Å². The van der Waals surface area contributed by atoms with Gasteiger partial charge in [0.25, 0.3) is 0 Å². The Bertz CT molecular complexity index is 1080. The van der Waals surface area contributed by atoms with Gasteiger partial charge in [0.1, 0.15) is 8.07 Å². The molecule has 1 aliphatic rings. The third-order valence-electron chi connectivity index (χ3n) is 5.42. The zero-order valence-electron chi connectivity index (χ0n) is 13.4. The molecule has 110 valence electrons. The van der Waals surface area contributed by atoms with E-state index < -0.39 is 8.07 Å². The van der Waals surface area contributed by atoms with Crippen molar-refractivity contribution in [3.63, 3.8) is 0 Å². The lowest BCUT2D eigenvalue weighted by atomic mass is 9.95. The minimum atomic E-state index is -1.73. The molecule has 0 atom stereocenters. The SMILES string of the molecule is C[Si]1(C)c2c(ccc3ccccc23)-c2cccc3cccc1c23. The van der Waals surface area contributed by atoms with Gasteiger partial charge in [0.2, 0.25) is 0 Å². The summed E-state index contributed by atoms with van der Waals surface area (Å²) < 4.78 is 0. The summed E-state index contributed by atoms with van der Waals surface area (Å²) in [5, 5.41) is 8.83. The zero-order valence-corrected chi connectivity index (χ0v) is 14.4. The van der Waals surface area contributed by atoms with Crippen molar-refractivity contribution in [2.45, 2.75) is 13.1 Å². The van der Waals surface area contributed by atoms with Crippen LogP contribution in [0.15, 0.2) is 72.8 Å². The minimum absolute atomic E-state index is 1.36. The molecule has 1 aliphatic heterocycles. The van der Waals surface area contributed by atoms with E-state index in [1.807, 2.05) is 0 Å². The first-order chi connectivity index (χ1) is 11.2. The van der Waals surface area contributed by atoms with Crippen LogP contribution in [0.4, 0.5) is 0 Å². The van der Waals surface area contributed by atoms with Gasteiger partial charge in [0.15, 0.2) is 0 Å². The van der Waals surface area contributed by atoms with E-state index in [-0.39, 0.29) is 0 Å². The van der Waals surface area contributed by atoms with Crippen molar-refractivity contribution in [1.29, 1.82) is 0 Å². The van der Waals surface area contributed by atoms with Crippen molar-refractivity contribution in [2.24, 2.45) is 0 Å². The number of fused-ring (bicyclic) bond motifs is 4. The number of hydrogen-bond acceptors (Lipinski definition) is 0. The predicted molar refractivity (Wildman–Crippen MR) is 104 cm³/mol. The average molecular weight is 310 g/mol. The monoisotopic (exact) mass is 310 g/mol. The van der Waals surface area contributed by atoms with Gasteiger partial charge in [-0.3, -0.25) is 0 Å². The highest BCUT2D eigenvalue weighted by atomic mass is 28.3. The molecule has 0 saturated heterocycles. The summed E-state index contributed by atoms with van der Waals surface area (Å²) in [4.78, 5) is 0. The van der Waals surface area contributed by atoms with Crippen LogP contribution in [0.25, 0.3) is 32.7 Å². The summed E-state index contributed by atoms with van der Waals surface area (Å²) in [7, 11) is -1.73. The smallest absolute Gasteiger partial charge is 0.0619 e. The van der Waals surface area contributed by atoms with Gasteiger partial charge in [-0.1, -0.05) is 85.9 Å². The molecule has 1 heterocycles. The molecule has 0 saturated carbocycles. The lowest BCUT2D eigenvalue weighted by Gasteiger charge is -2.34. The second-order valence-electron chi connectivity index (χ2n) is 7.04. The molecular weight excluding hydrogens is 292 g/mol. The van der Waals surface area contributed by atoms with E-state index >= 15 is 0 Å². The maximum Gasteiger partial charge on any atom is 0.114 e. The van der Waals surface area contributed by atoms with E-state index in [1.165, 1.54) is 32.7 Å². The summed E-state index contributed by atoms with van der Waals surface area (Å²) >= 11 is 0. The molecule has 0 nitrogen and oxygen atoms in total. The van der Waals surface area contributed by atoms with E-state index in [1.54, 1.807) is 10.4 Å². The molecule has 0 bridgehead atoms. The Morgan fingerprint density at radius 1 is 0.609 bits per heavy atom. The fourth-order valence-corrected chi connectivity index (χ4v) is 7.87. The van der Waals surface area contributed by atoms with Crippen LogP contribution in [-0.4, -0.2) is 8.07 Å². The highest BCUT2D eigenvalue weighted by molar-refractivity contribution is 7.04. The Morgan fingerprint density at radius 3 is 2.22 bits per heavy atom. The molecule has 0 spiro atoms. The topological polar surface area (TPSA) is 0 Å². The average Bonchev–Trinajstić information content (AvgIpc) is 2.59. The lowest BCUT2D eigenvalue weighted by Crippen LogP contribution is -2.56. The third kappa shape index (κ3) is 1.60. The molecule has 1 heteroatoms. The first kappa shape index (κ1) is 13.1. The normalized spacial score (nSPS) is 14.9. The lowest BCUT2D eigenvalue weighted by molar-refractivity contribution is 1.65. The van der Waals surface area contributed by atoms with E-state index in [4.69, 9.17) is 0 Å². The van der Waals surface area contributed by atoms with Crippen molar-refractivity contribution in [3.8, 4) is 11.1 Å². The molecule has 0 unspecified atom stereocenters. The van der Waals surface area contributed by atoms with Crippen LogP contribution in [0, 0.1) is 0 Å². The Morgan fingerprint density at radius 2 is 1.35 bits per heavy atom. The number of benzene rings is 4. The van der Waals surface area contributed by atoms with Gasteiger partial charge >= 0.3 is 0 Å². The Hall–Kier alpha value is -2.38. The molecule has 0 aliphatic carbocycles. The van der Waals surface area contributed by atoms with Gasteiger partial charge in [-0.05, 0) is 43.0 Å². The van der Waals surface area contributed by atoms with Gasteiger partial charge in [-0.25, -0.2) is 0 Å². The van der Waals surface area contributed by atoms with Gasteiger partial charge in [0, 0.05) is 0 Å². The van der Waals surface area contributed by atoms with Crippen molar-refractivity contribution < 1.29 is 0 Å². The first-order valence-electron chi connectivity index (χ1n) is 8.23. The molecular formula is C22H18Si. The first-order valence-corrected chi connectivity index (χ1v) is 11.2. The molecule has 5 rings (SSSR count). The summed E-state index contributed by atoms with van der Waals surface area (Å²) in [6, 6.07) is 27.1. The van der Waals surface area contributed by atoms with E-state index in [0.29, 0.717) is 0 Å². The summed E-state index contributed by atoms with van der Waals surface area (Å²) in [6.45, 7) is 5.01. The largest absolute Gasteiger partial charge is 0.114 e. The number of hydrogen-bond donors (Lipinski definition) is 0. The fraction of sp³-hybridized carbons (Fsp3) is 0.0909. The quantitative estimate of drug-likeness (QED) is 0.409. The van der Waals surface area contributed by atoms with Crippen molar-refractivity contribution in [2.75, 3.05) is 0 Å². The van der Waals surface area contributed by atoms with E-state index in [9.17, 15) is 0 Å². The van der Waals surface area contributed by atoms with E-state index in [0.717, 1.165) is 0 Å². The van der Waals surface area contributed by atoms with Crippen LogP contribution in [0.2, 0.25) is 13.1 Å². The highest BCUT2D eigenvalue weighted by Gasteiger charge is 2.36. The Balaban J connectivity index is 2.07.